The molecule has 3 aromatic carbocycles. The summed E-state index contributed by atoms with van der Waals surface area (Å²) >= 11 is 0. The molecule has 0 saturated heterocycles. The van der Waals surface area contributed by atoms with Crippen LogP contribution in [0.5, 0.6) is 17.2 Å². The first-order valence-electron chi connectivity index (χ1n) is 10.6. The van der Waals surface area contributed by atoms with Gasteiger partial charge in [0.05, 0.1) is 13.7 Å². The number of carbonyl (C=O) groups excluding carboxylic acids is 3. The van der Waals surface area contributed by atoms with Crippen LogP contribution >= 0.6 is 0 Å². The summed E-state index contributed by atoms with van der Waals surface area (Å²) < 4.78 is 29.0. The van der Waals surface area contributed by atoms with Crippen LogP contribution in [-0.2, 0) is 4.79 Å². The summed E-state index contributed by atoms with van der Waals surface area (Å²) in [6, 6.07) is 16.1. The van der Waals surface area contributed by atoms with Crippen molar-refractivity contribution in [3.8, 4) is 17.2 Å². The van der Waals surface area contributed by atoms with Crippen LogP contribution in [0.15, 0.2) is 66.7 Å². The smallest absolute Gasteiger partial charge is 0.269 e. The third-order valence-corrected chi connectivity index (χ3v) is 4.63. The van der Waals surface area contributed by atoms with Gasteiger partial charge in [0.25, 0.3) is 17.7 Å². The Morgan fingerprint density at radius 3 is 2.06 bits per heavy atom. The molecule has 0 aliphatic heterocycles. The molecule has 9 nitrogen and oxygen atoms in total. The second kappa shape index (κ2) is 12.0. The second-order valence-corrected chi connectivity index (χ2v) is 7.08. The highest BCUT2D eigenvalue weighted by Crippen LogP contribution is 2.28. The Morgan fingerprint density at radius 2 is 1.43 bits per heavy atom. The van der Waals surface area contributed by atoms with Crippen LogP contribution in [0.1, 0.15) is 27.6 Å². The highest BCUT2D eigenvalue weighted by molar-refractivity contribution is 5.99. The maximum Gasteiger partial charge on any atom is 0.269 e. The van der Waals surface area contributed by atoms with Crippen molar-refractivity contribution in [1.82, 2.24) is 10.9 Å². The predicted molar refractivity (Wildman–Crippen MR) is 126 cm³/mol. The molecule has 0 aromatic heterocycles. The van der Waals surface area contributed by atoms with E-state index in [0.29, 0.717) is 23.6 Å². The zero-order valence-corrected chi connectivity index (χ0v) is 19.1. The Hall–Kier alpha value is -4.60. The van der Waals surface area contributed by atoms with E-state index >= 15 is 0 Å². The maximum atomic E-state index is 13.0. The van der Waals surface area contributed by atoms with Crippen LogP contribution < -0.4 is 30.4 Å². The number of rotatable bonds is 9. The molecule has 3 rings (SSSR count). The zero-order chi connectivity index (χ0) is 25.2. The lowest BCUT2D eigenvalue weighted by Crippen LogP contribution is -2.41. The van der Waals surface area contributed by atoms with Gasteiger partial charge in [0, 0.05) is 16.8 Å². The van der Waals surface area contributed by atoms with E-state index in [1.165, 1.54) is 49.6 Å². The van der Waals surface area contributed by atoms with Crippen molar-refractivity contribution in [3.05, 3.63) is 83.7 Å². The van der Waals surface area contributed by atoms with E-state index in [4.69, 9.17) is 14.2 Å². The van der Waals surface area contributed by atoms with Crippen molar-refractivity contribution < 1.29 is 33.0 Å². The molecule has 0 aliphatic carbocycles. The van der Waals surface area contributed by atoms with Gasteiger partial charge in [-0.1, -0.05) is 0 Å². The van der Waals surface area contributed by atoms with Gasteiger partial charge in [-0.3, -0.25) is 25.2 Å². The zero-order valence-electron chi connectivity index (χ0n) is 19.1. The topological polar surface area (TPSA) is 115 Å². The van der Waals surface area contributed by atoms with E-state index in [9.17, 15) is 18.8 Å². The number of ether oxygens (including phenoxy) is 3. The number of hydrogen-bond donors (Lipinski definition) is 3. The Labute approximate surface area is 201 Å². The molecule has 0 saturated carbocycles. The van der Waals surface area contributed by atoms with Gasteiger partial charge < -0.3 is 19.5 Å². The van der Waals surface area contributed by atoms with Crippen molar-refractivity contribution in [2.24, 2.45) is 0 Å². The lowest BCUT2D eigenvalue weighted by Gasteiger charge is -2.13. The number of carbonyl (C=O) groups is 3. The van der Waals surface area contributed by atoms with Crippen LogP contribution in [-0.4, -0.2) is 38.0 Å². The summed E-state index contributed by atoms with van der Waals surface area (Å²) in [5.74, 6) is -0.873. The third kappa shape index (κ3) is 7.19. The van der Waals surface area contributed by atoms with Crippen LogP contribution in [0.2, 0.25) is 0 Å². The third-order valence-electron chi connectivity index (χ3n) is 4.63. The molecule has 3 amide bonds. The molecule has 0 radical (unpaired) electrons. The Bertz CT molecular complexity index is 1180. The summed E-state index contributed by atoms with van der Waals surface area (Å²) in [5.41, 5.74) is 5.63. The summed E-state index contributed by atoms with van der Waals surface area (Å²) in [6.45, 7) is 2.03. The van der Waals surface area contributed by atoms with E-state index in [1.54, 1.807) is 24.3 Å². The average Bonchev–Trinajstić information content (AvgIpc) is 2.87. The number of hydrazine groups is 1. The largest absolute Gasteiger partial charge is 0.494 e. The van der Waals surface area contributed by atoms with E-state index in [1.807, 2.05) is 6.92 Å². The Kier molecular flexibility index (Phi) is 8.60. The number of benzene rings is 3. The fraction of sp³-hybridized carbons (Fsp3) is 0.160. The van der Waals surface area contributed by atoms with Gasteiger partial charge >= 0.3 is 0 Å². The van der Waals surface area contributed by atoms with Gasteiger partial charge in [-0.25, -0.2) is 4.39 Å². The molecule has 0 spiro atoms. The van der Waals surface area contributed by atoms with Crippen LogP contribution in [0.3, 0.4) is 0 Å². The summed E-state index contributed by atoms with van der Waals surface area (Å²) in [4.78, 5) is 36.8. The molecular formula is C25H24FN3O6. The van der Waals surface area contributed by atoms with Crippen LogP contribution in [0.25, 0.3) is 0 Å². The first-order chi connectivity index (χ1) is 16.9. The fourth-order valence-corrected chi connectivity index (χ4v) is 2.93. The molecular weight excluding hydrogens is 457 g/mol. The molecule has 0 unspecified atom stereocenters. The summed E-state index contributed by atoms with van der Waals surface area (Å²) in [7, 11) is 1.39. The molecule has 0 bridgehead atoms. The molecule has 0 aliphatic rings. The van der Waals surface area contributed by atoms with Crippen molar-refractivity contribution >= 4 is 23.4 Å². The van der Waals surface area contributed by atoms with Crippen molar-refractivity contribution in [1.29, 1.82) is 0 Å². The molecule has 3 N–H and O–H groups in total. The number of amides is 3. The van der Waals surface area contributed by atoms with E-state index in [-0.39, 0.29) is 23.7 Å². The van der Waals surface area contributed by atoms with Crippen LogP contribution in [0.4, 0.5) is 10.1 Å². The lowest BCUT2D eigenvalue weighted by atomic mass is 10.2. The monoisotopic (exact) mass is 481 g/mol. The van der Waals surface area contributed by atoms with Crippen molar-refractivity contribution in [3.63, 3.8) is 0 Å². The van der Waals surface area contributed by atoms with E-state index in [0.717, 1.165) is 0 Å². The van der Waals surface area contributed by atoms with Crippen LogP contribution in [0, 0.1) is 5.82 Å². The quantitative estimate of drug-likeness (QED) is 0.404. The van der Waals surface area contributed by atoms with E-state index < -0.39 is 23.5 Å². The van der Waals surface area contributed by atoms with Gasteiger partial charge in [-0.2, -0.15) is 0 Å². The number of halogens is 1. The minimum Gasteiger partial charge on any atom is -0.494 e. The molecule has 0 heterocycles. The first-order valence-corrected chi connectivity index (χ1v) is 10.6. The predicted octanol–water partition coefficient (Wildman–Crippen LogP) is 3.33. The highest BCUT2D eigenvalue weighted by Gasteiger charge is 2.14. The normalized spacial score (nSPS) is 10.1. The van der Waals surface area contributed by atoms with Gasteiger partial charge in [-0.15, -0.1) is 0 Å². The maximum absolute atomic E-state index is 13.0. The number of anilines is 1. The van der Waals surface area contributed by atoms with E-state index in [2.05, 4.69) is 16.2 Å². The Morgan fingerprint density at radius 1 is 0.800 bits per heavy atom. The second-order valence-electron chi connectivity index (χ2n) is 7.08. The minimum absolute atomic E-state index is 0.192. The summed E-state index contributed by atoms with van der Waals surface area (Å²) in [5, 5.41) is 2.57. The standard InChI is InChI=1S/C25H24FN3O6/c1-3-34-20-11-4-16(5-12-20)24(31)28-29-25(32)17-6-13-21(22(14-17)33-2)35-15-23(30)27-19-9-7-18(26)8-10-19/h4-14H,3,15H2,1-2H3,(H,27,30)(H,28,31)(H,29,32). The molecule has 182 valence electrons. The van der Waals surface area contributed by atoms with Gasteiger partial charge in [0.15, 0.2) is 18.1 Å². The number of methoxy groups -OCH3 is 1. The molecule has 0 atom stereocenters. The summed E-state index contributed by atoms with van der Waals surface area (Å²) in [6.07, 6.45) is 0. The molecule has 35 heavy (non-hydrogen) atoms. The van der Waals surface area contributed by atoms with Gasteiger partial charge in [-0.05, 0) is 73.7 Å². The number of nitrogens with one attached hydrogen (secondary N) is 3. The van der Waals surface area contributed by atoms with Gasteiger partial charge in [0.2, 0.25) is 0 Å². The van der Waals surface area contributed by atoms with Crippen molar-refractivity contribution in [2.75, 3.05) is 25.6 Å². The SMILES string of the molecule is CCOc1ccc(C(=O)NNC(=O)c2ccc(OCC(=O)Nc3ccc(F)cc3)c(OC)c2)cc1. The number of hydrogen-bond acceptors (Lipinski definition) is 6. The highest BCUT2D eigenvalue weighted by atomic mass is 19.1. The lowest BCUT2D eigenvalue weighted by molar-refractivity contribution is -0.118. The fourth-order valence-electron chi connectivity index (χ4n) is 2.93. The molecule has 3 aromatic rings. The van der Waals surface area contributed by atoms with Crippen molar-refractivity contribution in [2.45, 2.75) is 6.92 Å². The minimum atomic E-state index is -0.580. The molecule has 10 heteroatoms. The molecule has 0 fully saturated rings. The average molecular weight is 481 g/mol. The Balaban J connectivity index is 1.54. The first kappa shape index (κ1) is 25.0. The van der Waals surface area contributed by atoms with Gasteiger partial charge in [0.1, 0.15) is 11.6 Å².